The number of rotatable bonds is 4. The molecule has 1 heterocycles. The van der Waals surface area contributed by atoms with E-state index >= 15 is 0 Å². The van der Waals surface area contributed by atoms with Gasteiger partial charge in [-0.05, 0) is 28.3 Å². The molecule has 0 aliphatic heterocycles. The summed E-state index contributed by atoms with van der Waals surface area (Å²) in [6, 6.07) is 2.43. The van der Waals surface area contributed by atoms with Crippen LogP contribution in [0.3, 0.4) is 0 Å². The quantitative estimate of drug-likeness (QED) is 0.556. The number of nitrogens with two attached hydrogens (primary N) is 1. The lowest BCUT2D eigenvalue weighted by atomic mass is 9.95. The number of hydrazine groups is 1. The number of hydrogen-bond donors (Lipinski definition) is 2. The largest absolute Gasteiger partial charge is 0.271 e. The van der Waals surface area contributed by atoms with Gasteiger partial charge in [0.2, 0.25) is 0 Å². The van der Waals surface area contributed by atoms with Crippen LogP contribution in [0.1, 0.15) is 31.9 Å². The summed E-state index contributed by atoms with van der Waals surface area (Å²) in [4.78, 5) is 0. The molecule has 0 aromatic carbocycles. The Bertz CT molecular complexity index is 208. The third-order valence-electron chi connectivity index (χ3n) is 2.29. The van der Waals surface area contributed by atoms with Gasteiger partial charge in [-0.1, -0.05) is 20.3 Å². The summed E-state index contributed by atoms with van der Waals surface area (Å²) in [5, 5.41) is 4.23. The second kappa shape index (κ2) is 4.60. The van der Waals surface area contributed by atoms with Crippen molar-refractivity contribution in [3.05, 3.63) is 22.4 Å². The van der Waals surface area contributed by atoms with E-state index in [4.69, 9.17) is 5.84 Å². The molecule has 3 heteroatoms. The summed E-state index contributed by atoms with van der Waals surface area (Å²) in [6.45, 7) is 4.39. The van der Waals surface area contributed by atoms with Gasteiger partial charge in [-0.2, -0.15) is 11.3 Å². The Morgan fingerprint density at radius 3 is 2.83 bits per heavy atom. The molecule has 1 rings (SSSR count). The van der Waals surface area contributed by atoms with Crippen molar-refractivity contribution in [1.82, 2.24) is 5.43 Å². The molecular formula is C9H16N2S. The molecule has 0 amide bonds. The molecule has 0 radical (unpaired) electrons. The van der Waals surface area contributed by atoms with Gasteiger partial charge >= 0.3 is 0 Å². The number of thiophene rings is 1. The molecule has 0 saturated carbocycles. The molecule has 1 aromatic heterocycles. The lowest BCUT2D eigenvalue weighted by Crippen LogP contribution is -2.32. The van der Waals surface area contributed by atoms with E-state index in [1.165, 1.54) is 5.56 Å². The van der Waals surface area contributed by atoms with Crippen LogP contribution in [0, 0.1) is 5.92 Å². The van der Waals surface area contributed by atoms with E-state index in [-0.39, 0.29) is 0 Å². The molecule has 2 nitrogen and oxygen atoms in total. The standard InChI is InChI=1S/C9H16N2S/c1-3-7(2)9(11-10)8-4-5-12-6-8/h4-7,9,11H,3,10H2,1-2H3. The van der Waals surface area contributed by atoms with Gasteiger partial charge in [-0.15, -0.1) is 0 Å². The third-order valence-corrected chi connectivity index (χ3v) is 3.00. The molecule has 68 valence electrons. The maximum absolute atomic E-state index is 5.50. The van der Waals surface area contributed by atoms with Crippen molar-refractivity contribution < 1.29 is 0 Å². The second-order valence-corrected chi connectivity index (χ2v) is 3.87. The first-order valence-electron chi connectivity index (χ1n) is 4.27. The average Bonchev–Trinajstić information content (AvgIpc) is 2.58. The SMILES string of the molecule is CCC(C)C(NN)c1ccsc1. The highest BCUT2D eigenvalue weighted by Gasteiger charge is 2.15. The van der Waals surface area contributed by atoms with E-state index in [0.29, 0.717) is 12.0 Å². The lowest BCUT2D eigenvalue weighted by Gasteiger charge is -2.20. The first kappa shape index (κ1) is 9.71. The fourth-order valence-electron chi connectivity index (χ4n) is 1.28. The molecule has 0 fully saturated rings. The predicted molar refractivity (Wildman–Crippen MR) is 53.8 cm³/mol. The molecule has 0 aliphatic rings. The highest BCUT2D eigenvalue weighted by Crippen LogP contribution is 2.24. The molecule has 3 N–H and O–H groups in total. The Morgan fingerprint density at radius 1 is 1.67 bits per heavy atom. The average molecular weight is 184 g/mol. The van der Waals surface area contributed by atoms with E-state index in [0.717, 1.165) is 6.42 Å². The number of nitrogens with one attached hydrogen (secondary N) is 1. The van der Waals surface area contributed by atoms with E-state index < -0.39 is 0 Å². The Labute approximate surface area is 77.8 Å². The molecule has 1 aromatic rings. The minimum atomic E-state index is 0.307. The summed E-state index contributed by atoms with van der Waals surface area (Å²) >= 11 is 1.72. The molecule has 2 unspecified atom stereocenters. The van der Waals surface area contributed by atoms with Crippen LogP contribution < -0.4 is 11.3 Å². The third kappa shape index (κ3) is 2.06. The lowest BCUT2D eigenvalue weighted by molar-refractivity contribution is 0.384. The Balaban J connectivity index is 2.69. The molecule has 0 saturated heterocycles. The van der Waals surface area contributed by atoms with Crippen molar-refractivity contribution in [2.24, 2.45) is 11.8 Å². The highest BCUT2D eigenvalue weighted by atomic mass is 32.1. The fourth-order valence-corrected chi connectivity index (χ4v) is 1.97. The maximum atomic E-state index is 5.50. The predicted octanol–water partition coefficient (Wildman–Crippen LogP) is 2.30. The summed E-state index contributed by atoms with van der Waals surface area (Å²) < 4.78 is 0. The van der Waals surface area contributed by atoms with Gasteiger partial charge in [0.15, 0.2) is 0 Å². The minimum absolute atomic E-state index is 0.307. The van der Waals surface area contributed by atoms with Crippen LogP contribution in [-0.4, -0.2) is 0 Å². The van der Waals surface area contributed by atoms with E-state index in [2.05, 4.69) is 36.1 Å². The number of hydrogen-bond acceptors (Lipinski definition) is 3. The van der Waals surface area contributed by atoms with Crippen molar-refractivity contribution in [1.29, 1.82) is 0 Å². The van der Waals surface area contributed by atoms with Crippen LogP contribution in [0.15, 0.2) is 16.8 Å². The van der Waals surface area contributed by atoms with Crippen LogP contribution in [0.2, 0.25) is 0 Å². The molecule has 0 bridgehead atoms. The maximum Gasteiger partial charge on any atom is 0.0493 e. The first-order chi connectivity index (χ1) is 5.79. The van der Waals surface area contributed by atoms with Crippen molar-refractivity contribution in [2.45, 2.75) is 26.3 Å². The van der Waals surface area contributed by atoms with Gasteiger partial charge in [-0.25, -0.2) is 0 Å². The summed E-state index contributed by atoms with van der Waals surface area (Å²) in [7, 11) is 0. The summed E-state index contributed by atoms with van der Waals surface area (Å²) in [5.41, 5.74) is 4.16. The fraction of sp³-hybridized carbons (Fsp3) is 0.556. The van der Waals surface area contributed by atoms with Gasteiger partial charge < -0.3 is 0 Å². The monoisotopic (exact) mass is 184 g/mol. The Kier molecular flexibility index (Phi) is 3.72. The zero-order chi connectivity index (χ0) is 8.97. The highest BCUT2D eigenvalue weighted by molar-refractivity contribution is 7.07. The second-order valence-electron chi connectivity index (χ2n) is 3.09. The van der Waals surface area contributed by atoms with Crippen molar-refractivity contribution >= 4 is 11.3 Å². The van der Waals surface area contributed by atoms with Crippen molar-refractivity contribution in [3.8, 4) is 0 Å². The van der Waals surface area contributed by atoms with Crippen LogP contribution in [0.25, 0.3) is 0 Å². The van der Waals surface area contributed by atoms with Crippen molar-refractivity contribution in [2.75, 3.05) is 0 Å². The van der Waals surface area contributed by atoms with Crippen LogP contribution in [-0.2, 0) is 0 Å². The molecule has 2 atom stereocenters. The van der Waals surface area contributed by atoms with E-state index in [1.807, 2.05) is 0 Å². The van der Waals surface area contributed by atoms with E-state index in [9.17, 15) is 0 Å². The van der Waals surface area contributed by atoms with Crippen LogP contribution in [0.5, 0.6) is 0 Å². The molecule has 0 spiro atoms. The first-order valence-corrected chi connectivity index (χ1v) is 5.22. The topological polar surface area (TPSA) is 38.0 Å². The zero-order valence-electron chi connectivity index (χ0n) is 7.58. The van der Waals surface area contributed by atoms with Gasteiger partial charge in [0.25, 0.3) is 0 Å². The molecule has 12 heavy (non-hydrogen) atoms. The Morgan fingerprint density at radius 2 is 2.42 bits per heavy atom. The van der Waals surface area contributed by atoms with Crippen LogP contribution >= 0.6 is 11.3 Å². The Hall–Kier alpha value is -0.380. The van der Waals surface area contributed by atoms with Crippen molar-refractivity contribution in [3.63, 3.8) is 0 Å². The molecule has 0 aliphatic carbocycles. The van der Waals surface area contributed by atoms with E-state index in [1.54, 1.807) is 11.3 Å². The smallest absolute Gasteiger partial charge is 0.0493 e. The minimum Gasteiger partial charge on any atom is -0.271 e. The van der Waals surface area contributed by atoms with Gasteiger partial charge in [0.1, 0.15) is 0 Å². The summed E-state index contributed by atoms with van der Waals surface area (Å²) in [5.74, 6) is 6.08. The molecular weight excluding hydrogens is 168 g/mol. The van der Waals surface area contributed by atoms with Gasteiger partial charge in [0, 0.05) is 6.04 Å². The summed E-state index contributed by atoms with van der Waals surface area (Å²) in [6.07, 6.45) is 1.14. The van der Waals surface area contributed by atoms with Gasteiger partial charge in [-0.3, -0.25) is 11.3 Å². The van der Waals surface area contributed by atoms with Gasteiger partial charge in [0.05, 0.1) is 0 Å². The van der Waals surface area contributed by atoms with Crippen LogP contribution in [0.4, 0.5) is 0 Å². The normalized spacial score (nSPS) is 15.9. The zero-order valence-corrected chi connectivity index (χ0v) is 8.40.